The highest BCUT2D eigenvalue weighted by Gasteiger charge is 2.34. The number of nitrogens with one attached hydrogen (secondary N) is 2. The van der Waals surface area contributed by atoms with Crippen molar-refractivity contribution >= 4 is 29.9 Å². The van der Waals surface area contributed by atoms with Gasteiger partial charge in [-0.2, -0.15) is 13.2 Å². The molecule has 1 aromatic carbocycles. The zero-order chi connectivity index (χ0) is 20.6. The van der Waals surface area contributed by atoms with Crippen LogP contribution in [-0.2, 0) is 10.9 Å². The first-order valence-corrected chi connectivity index (χ1v) is 9.60. The molecular formula is C20H31F3IN3O2. The molecule has 166 valence electrons. The normalized spacial score (nSPS) is 20.8. The van der Waals surface area contributed by atoms with Crippen LogP contribution in [0.3, 0.4) is 0 Å². The number of aliphatic hydroxyl groups is 1. The average Bonchev–Trinajstić information content (AvgIpc) is 3.13. The quantitative estimate of drug-likeness (QED) is 0.273. The fourth-order valence-corrected chi connectivity index (χ4v) is 3.40. The van der Waals surface area contributed by atoms with Crippen molar-refractivity contribution in [3.8, 4) is 0 Å². The summed E-state index contributed by atoms with van der Waals surface area (Å²) in [6.07, 6.45) is -2.09. The number of benzene rings is 1. The maximum Gasteiger partial charge on any atom is 0.416 e. The average molecular weight is 529 g/mol. The van der Waals surface area contributed by atoms with Crippen molar-refractivity contribution in [1.29, 1.82) is 0 Å². The minimum absolute atomic E-state index is 0. The Morgan fingerprint density at radius 1 is 1.34 bits per heavy atom. The van der Waals surface area contributed by atoms with E-state index >= 15 is 0 Å². The zero-order valence-electron chi connectivity index (χ0n) is 16.9. The second kappa shape index (κ2) is 11.9. The first-order valence-electron chi connectivity index (χ1n) is 9.60. The van der Waals surface area contributed by atoms with Gasteiger partial charge in [0.15, 0.2) is 5.96 Å². The second-order valence-electron chi connectivity index (χ2n) is 7.44. The van der Waals surface area contributed by atoms with E-state index in [2.05, 4.69) is 15.6 Å². The maximum absolute atomic E-state index is 12.9. The van der Waals surface area contributed by atoms with E-state index in [4.69, 9.17) is 4.74 Å². The number of hydrogen-bond donors (Lipinski definition) is 3. The van der Waals surface area contributed by atoms with E-state index in [1.165, 1.54) is 12.1 Å². The molecule has 29 heavy (non-hydrogen) atoms. The molecule has 2 rings (SSSR count). The molecule has 0 spiro atoms. The van der Waals surface area contributed by atoms with E-state index in [1.807, 2.05) is 6.92 Å². The number of hydrogen-bond acceptors (Lipinski definition) is 3. The summed E-state index contributed by atoms with van der Waals surface area (Å²) < 4.78 is 44.1. The molecule has 0 bridgehead atoms. The minimum atomic E-state index is -4.32. The zero-order valence-corrected chi connectivity index (χ0v) is 19.2. The van der Waals surface area contributed by atoms with Crippen molar-refractivity contribution in [3.63, 3.8) is 0 Å². The van der Waals surface area contributed by atoms with Crippen molar-refractivity contribution < 1.29 is 23.0 Å². The molecule has 2 unspecified atom stereocenters. The Bertz CT molecular complexity index is 650. The van der Waals surface area contributed by atoms with Gasteiger partial charge in [-0.25, -0.2) is 0 Å². The van der Waals surface area contributed by atoms with Crippen molar-refractivity contribution in [1.82, 2.24) is 10.6 Å². The molecule has 0 radical (unpaired) electrons. The lowest BCUT2D eigenvalue weighted by Crippen LogP contribution is -2.44. The molecule has 1 fully saturated rings. The molecule has 3 N–H and O–H groups in total. The molecule has 2 atom stereocenters. The maximum atomic E-state index is 12.9. The molecule has 0 aliphatic carbocycles. The summed E-state index contributed by atoms with van der Waals surface area (Å²) in [4.78, 5) is 4.20. The highest BCUT2D eigenvalue weighted by atomic mass is 127. The molecule has 9 heteroatoms. The number of rotatable bonds is 8. The van der Waals surface area contributed by atoms with Gasteiger partial charge in [-0.1, -0.05) is 25.1 Å². The molecule has 0 aromatic heterocycles. The number of ether oxygens (including phenoxy) is 1. The van der Waals surface area contributed by atoms with Crippen LogP contribution in [0.15, 0.2) is 29.3 Å². The lowest BCUT2D eigenvalue weighted by atomic mass is 9.84. The van der Waals surface area contributed by atoms with E-state index < -0.39 is 11.7 Å². The van der Waals surface area contributed by atoms with Gasteiger partial charge in [-0.3, -0.25) is 4.99 Å². The van der Waals surface area contributed by atoms with E-state index in [-0.39, 0.29) is 41.9 Å². The fraction of sp³-hybridized carbons (Fsp3) is 0.650. The van der Waals surface area contributed by atoms with Gasteiger partial charge in [0.2, 0.25) is 0 Å². The van der Waals surface area contributed by atoms with Crippen LogP contribution in [0.25, 0.3) is 0 Å². The van der Waals surface area contributed by atoms with Gasteiger partial charge in [-0.05, 0) is 36.8 Å². The molecule has 0 saturated carbocycles. The largest absolute Gasteiger partial charge is 0.416 e. The first kappa shape index (κ1) is 26.0. The standard InChI is InChI=1S/C20H30F3N3O2.HI/c1-15(16-4-3-5-17(12-16)20(21,22)23)6-9-25-18(24-2)26-13-19(7-10-27)8-11-28-14-19;/h3-5,12,15,27H,6-11,13-14H2,1-2H3,(H2,24,25,26);1H. The van der Waals surface area contributed by atoms with Crippen LogP contribution in [0.1, 0.15) is 43.2 Å². The van der Waals surface area contributed by atoms with E-state index in [0.717, 1.165) is 12.5 Å². The summed E-state index contributed by atoms with van der Waals surface area (Å²) in [5, 5.41) is 15.8. The Hall–Kier alpha value is -1.07. The topological polar surface area (TPSA) is 65.9 Å². The second-order valence-corrected chi connectivity index (χ2v) is 7.44. The number of halogens is 4. The van der Waals surface area contributed by atoms with Crippen molar-refractivity contribution in [2.45, 2.75) is 38.3 Å². The predicted octanol–water partition coefficient (Wildman–Crippen LogP) is 3.77. The van der Waals surface area contributed by atoms with Crippen LogP contribution in [0.5, 0.6) is 0 Å². The number of nitrogens with zero attached hydrogens (tertiary/aromatic N) is 1. The molecule has 0 amide bonds. The van der Waals surface area contributed by atoms with Gasteiger partial charge in [-0.15, -0.1) is 24.0 Å². The molecule has 1 aliphatic rings. The Morgan fingerprint density at radius 2 is 2.10 bits per heavy atom. The Morgan fingerprint density at radius 3 is 2.69 bits per heavy atom. The first-order chi connectivity index (χ1) is 13.3. The lowest BCUT2D eigenvalue weighted by Gasteiger charge is -2.27. The molecule has 1 heterocycles. The summed E-state index contributed by atoms with van der Waals surface area (Å²) in [5.74, 6) is 0.623. The predicted molar refractivity (Wildman–Crippen MR) is 119 cm³/mol. The van der Waals surface area contributed by atoms with E-state index in [9.17, 15) is 18.3 Å². The van der Waals surface area contributed by atoms with E-state index in [0.29, 0.717) is 50.7 Å². The van der Waals surface area contributed by atoms with E-state index in [1.54, 1.807) is 13.1 Å². The van der Waals surface area contributed by atoms with Crippen LogP contribution in [0.4, 0.5) is 13.2 Å². The summed E-state index contributed by atoms with van der Waals surface area (Å²) in [6, 6.07) is 5.49. The van der Waals surface area contributed by atoms with Crippen LogP contribution < -0.4 is 10.6 Å². The summed E-state index contributed by atoms with van der Waals surface area (Å²) >= 11 is 0. The molecule has 1 aliphatic heterocycles. The smallest absolute Gasteiger partial charge is 0.396 e. The van der Waals surface area contributed by atoms with Gasteiger partial charge in [0.25, 0.3) is 0 Å². The SMILES string of the molecule is CN=C(NCCC(C)c1cccc(C(F)(F)F)c1)NCC1(CCO)CCOC1.I. The van der Waals surface area contributed by atoms with Crippen molar-refractivity contribution in [2.24, 2.45) is 10.4 Å². The number of alkyl halides is 3. The van der Waals surface area contributed by atoms with Gasteiger partial charge in [0.1, 0.15) is 0 Å². The lowest BCUT2D eigenvalue weighted by molar-refractivity contribution is -0.137. The third-order valence-corrected chi connectivity index (χ3v) is 5.33. The monoisotopic (exact) mass is 529 g/mol. The van der Waals surface area contributed by atoms with Crippen molar-refractivity contribution in [3.05, 3.63) is 35.4 Å². The minimum Gasteiger partial charge on any atom is -0.396 e. The third kappa shape index (κ3) is 7.93. The van der Waals surface area contributed by atoms with Gasteiger partial charge < -0.3 is 20.5 Å². The Labute approximate surface area is 187 Å². The molecule has 1 saturated heterocycles. The van der Waals surface area contributed by atoms with Crippen LogP contribution >= 0.6 is 24.0 Å². The van der Waals surface area contributed by atoms with Gasteiger partial charge >= 0.3 is 6.18 Å². The Balaban J connectivity index is 0.00000420. The molecule has 5 nitrogen and oxygen atoms in total. The summed E-state index contributed by atoms with van der Waals surface area (Å²) in [5.41, 5.74) is -0.0302. The van der Waals surface area contributed by atoms with Gasteiger partial charge in [0, 0.05) is 38.8 Å². The number of aliphatic imine (C=N–C) groups is 1. The third-order valence-electron chi connectivity index (χ3n) is 5.33. The van der Waals surface area contributed by atoms with Crippen LogP contribution in [0.2, 0.25) is 0 Å². The fourth-order valence-electron chi connectivity index (χ4n) is 3.40. The highest BCUT2D eigenvalue weighted by molar-refractivity contribution is 14.0. The molecule has 1 aromatic rings. The number of guanidine groups is 1. The van der Waals surface area contributed by atoms with Gasteiger partial charge in [0.05, 0.1) is 12.2 Å². The Kier molecular flexibility index (Phi) is 10.7. The highest BCUT2D eigenvalue weighted by Crippen LogP contribution is 2.32. The van der Waals surface area contributed by atoms with Crippen LogP contribution in [0, 0.1) is 5.41 Å². The molecular weight excluding hydrogens is 498 g/mol. The number of aliphatic hydroxyl groups excluding tert-OH is 1. The van der Waals surface area contributed by atoms with Crippen LogP contribution in [-0.4, -0.2) is 51.0 Å². The van der Waals surface area contributed by atoms with Crippen molar-refractivity contribution in [2.75, 3.05) is 40.0 Å². The summed E-state index contributed by atoms with van der Waals surface area (Å²) in [7, 11) is 1.68. The summed E-state index contributed by atoms with van der Waals surface area (Å²) in [6.45, 7) is 4.58.